The van der Waals surface area contributed by atoms with Gasteiger partial charge in [0.15, 0.2) is 0 Å². The molecule has 0 heterocycles. The van der Waals surface area contributed by atoms with Gasteiger partial charge in [0.1, 0.15) is 0 Å². The summed E-state index contributed by atoms with van der Waals surface area (Å²) in [5.74, 6) is -0.833. The molecule has 4 heteroatoms. The van der Waals surface area contributed by atoms with Crippen LogP contribution in [0.1, 0.15) is 6.92 Å². The second kappa shape index (κ2) is 9.32. The molecule has 0 rings (SSSR count). The molecule has 0 aliphatic heterocycles. The number of rotatable bonds is 0. The Hall–Kier alpha value is 0.912. The van der Waals surface area contributed by atoms with Crippen molar-refractivity contribution in [1.82, 2.24) is 0 Å². The van der Waals surface area contributed by atoms with Crippen LogP contribution in [0.4, 0.5) is 0 Å². The largest absolute Gasteiger partial charge is 0 e. The van der Waals surface area contributed by atoms with Crippen molar-refractivity contribution in [2.75, 3.05) is 0 Å². The van der Waals surface area contributed by atoms with E-state index in [1.165, 1.54) is 0 Å². The molecule has 2 nitrogen and oxygen atoms in total. The van der Waals surface area contributed by atoms with Crippen LogP contribution in [0.3, 0.4) is 0 Å². The van der Waals surface area contributed by atoms with Crippen LogP contribution >= 0.6 is 0 Å². The Morgan fingerprint density at radius 3 is 1.67 bits per heavy atom. The van der Waals surface area contributed by atoms with Crippen molar-refractivity contribution in [1.29, 1.82) is 0 Å². The summed E-state index contributed by atoms with van der Waals surface area (Å²) in [5.41, 5.74) is 0. The van der Waals surface area contributed by atoms with Crippen molar-refractivity contribution in [3.63, 3.8) is 0 Å². The Kier molecular flexibility index (Phi) is 24.5. The quantitative estimate of drug-likeness (QED) is 0.554. The topological polar surface area (TPSA) is 37.3 Å². The van der Waals surface area contributed by atoms with E-state index in [2.05, 4.69) is 0 Å². The van der Waals surface area contributed by atoms with Gasteiger partial charge < -0.3 is 5.11 Å². The smallest absolute Gasteiger partial charge is 0 e. The Bertz CT molecular complexity index is 34.5. The van der Waals surface area contributed by atoms with E-state index in [1.807, 2.05) is 0 Å². The van der Waals surface area contributed by atoms with Crippen molar-refractivity contribution in [2.24, 2.45) is 0 Å². The minimum Gasteiger partial charge on any atom is 0 e. The van der Waals surface area contributed by atoms with Gasteiger partial charge >= 0.3 is 24.4 Å². The maximum absolute atomic E-state index is 9.00. The van der Waals surface area contributed by atoms with Gasteiger partial charge in [-0.25, -0.2) is 0 Å². The van der Waals surface area contributed by atoms with E-state index >= 15 is 0 Å². The molecular formula is C2H7O2SbZn. The van der Waals surface area contributed by atoms with E-state index in [-0.39, 0.29) is 43.9 Å². The minimum atomic E-state index is -0.833. The molecular weight excluding hydrogens is 243 g/mol. The Morgan fingerprint density at radius 2 is 1.67 bits per heavy atom. The molecule has 0 atom stereocenters. The predicted octanol–water partition coefficient (Wildman–Crippen LogP) is -1.10. The summed E-state index contributed by atoms with van der Waals surface area (Å²) in [6.45, 7) is 1.08. The Balaban J connectivity index is -0.0000000450. The fourth-order valence-electron chi connectivity index (χ4n) is 0. The predicted molar refractivity (Wildman–Crippen MR) is 23.2 cm³/mol. The first-order valence-corrected chi connectivity index (χ1v) is 0.928. The van der Waals surface area contributed by atoms with Crippen LogP contribution in [0.2, 0.25) is 0 Å². The molecule has 0 fully saturated rings. The third-order valence-electron chi connectivity index (χ3n) is 0. The summed E-state index contributed by atoms with van der Waals surface area (Å²) in [7, 11) is 0. The second-order valence-electron chi connectivity index (χ2n) is 0.519. The van der Waals surface area contributed by atoms with Gasteiger partial charge in [0.25, 0.3) is 5.97 Å². The van der Waals surface area contributed by atoms with Crippen molar-refractivity contribution >= 4 is 30.4 Å². The molecule has 34 valence electrons. The van der Waals surface area contributed by atoms with Gasteiger partial charge in [-0.3, -0.25) is 4.79 Å². The summed E-state index contributed by atoms with van der Waals surface area (Å²) in [4.78, 5) is 9.00. The third kappa shape index (κ3) is 90.4. The SMILES string of the molecule is CC(=O)O.[SbH3].[Zn]. The molecule has 0 saturated carbocycles. The molecule has 0 saturated heterocycles. The van der Waals surface area contributed by atoms with E-state index in [1.54, 1.807) is 0 Å². The summed E-state index contributed by atoms with van der Waals surface area (Å²) in [5, 5.41) is 7.42. The van der Waals surface area contributed by atoms with Crippen LogP contribution in [-0.2, 0) is 24.3 Å². The van der Waals surface area contributed by atoms with E-state index in [0.29, 0.717) is 0 Å². The maximum atomic E-state index is 9.00. The number of carboxylic acid groups (broad SMARTS) is 1. The molecule has 0 aromatic carbocycles. The fourth-order valence-corrected chi connectivity index (χ4v) is 0. The number of aliphatic carboxylic acids is 1. The minimum absolute atomic E-state index is 0. The molecule has 0 radical (unpaired) electrons. The van der Waals surface area contributed by atoms with Gasteiger partial charge in [-0.05, 0) is 0 Å². The van der Waals surface area contributed by atoms with Gasteiger partial charge in [0, 0.05) is 26.4 Å². The van der Waals surface area contributed by atoms with Crippen LogP contribution < -0.4 is 0 Å². The van der Waals surface area contributed by atoms with Gasteiger partial charge in [-0.2, -0.15) is 0 Å². The molecule has 0 aromatic heterocycles. The Morgan fingerprint density at radius 1 is 1.67 bits per heavy atom. The van der Waals surface area contributed by atoms with Crippen LogP contribution in [0.25, 0.3) is 0 Å². The molecule has 1 N–H and O–H groups in total. The standard InChI is InChI=1S/C2H4O2.Sb.Zn.3H/c1-2(3)4;;;;;/h1H3,(H,3,4);;;;;. The molecule has 0 aliphatic carbocycles. The van der Waals surface area contributed by atoms with Gasteiger partial charge in [0.05, 0.1) is 0 Å². The zero-order valence-electron chi connectivity index (χ0n) is 3.77. The van der Waals surface area contributed by atoms with Gasteiger partial charge in [-0.1, -0.05) is 0 Å². The number of hydrogen-bond donors (Lipinski definition) is 1. The molecule has 0 aliphatic rings. The van der Waals surface area contributed by atoms with Gasteiger partial charge in [0.2, 0.25) is 0 Å². The van der Waals surface area contributed by atoms with Crippen LogP contribution in [0.15, 0.2) is 0 Å². The van der Waals surface area contributed by atoms with Crippen LogP contribution in [0, 0.1) is 0 Å². The Labute approximate surface area is 66.5 Å². The molecule has 6 heavy (non-hydrogen) atoms. The summed E-state index contributed by atoms with van der Waals surface area (Å²) in [6.07, 6.45) is 0. The van der Waals surface area contributed by atoms with Crippen LogP contribution in [-0.4, -0.2) is 35.5 Å². The first-order chi connectivity index (χ1) is 1.73. The monoisotopic (exact) mass is 248 g/mol. The van der Waals surface area contributed by atoms with Crippen molar-refractivity contribution in [3.05, 3.63) is 0 Å². The second-order valence-corrected chi connectivity index (χ2v) is 0.519. The fraction of sp³-hybridized carbons (Fsp3) is 0.500. The van der Waals surface area contributed by atoms with E-state index < -0.39 is 5.97 Å². The van der Waals surface area contributed by atoms with Gasteiger partial charge in [-0.15, -0.1) is 0 Å². The first kappa shape index (κ1) is 15.8. The number of carbonyl (C=O) groups is 1. The van der Waals surface area contributed by atoms with Crippen molar-refractivity contribution < 1.29 is 29.4 Å². The zero-order chi connectivity index (χ0) is 3.58. The maximum Gasteiger partial charge on any atom is 0 e. The van der Waals surface area contributed by atoms with Crippen molar-refractivity contribution in [2.45, 2.75) is 6.92 Å². The molecule has 0 spiro atoms. The average Bonchev–Trinajstić information content (AvgIpc) is 0.811. The number of hydrogen-bond acceptors (Lipinski definition) is 1. The third-order valence-corrected chi connectivity index (χ3v) is 0. The molecule has 0 bridgehead atoms. The first-order valence-electron chi connectivity index (χ1n) is 0.928. The summed E-state index contributed by atoms with van der Waals surface area (Å²) in [6, 6.07) is 0. The molecule has 0 amide bonds. The zero-order valence-corrected chi connectivity index (χ0v) is 10.8. The summed E-state index contributed by atoms with van der Waals surface area (Å²) < 4.78 is 0. The molecule has 0 aromatic rings. The summed E-state index contributed by atoms with van der Waals surface area (Å²) >= 11 is 0. The van der Waals surface area contributed by atoms with E-state index in [0.717, 1.165) is 6.92 Å². The number of carboxylic acids is 1. The van der Waals surface area contributed by atoms with E-state index in [9.17, 15) is 0 Å². The van der Waals surface area contributed by atoms with Crippen LogP contribution in [0.5, 0.6) is 0 Å². The normalized spacial score (nSPS) is 4.17. The van der Waals surface area contributed by atoms with Crippen molar-refractivity contribution in [3.8, 4) is 0 Å². The average molecular weight is 250 g/mol. The van der Waals surface area contributed by atoms with E-state index in [4.69, 9.17) is 9.90 Å². The molecule has 0 unspecified atom stereocenters.